The first kappa shape index (κ1) is 14.0. The Balaban J connectivity index is 2.47. The highest BCUT2D eigenvalue weighted by atomic mass is 32.2. The second-order valence-electron chi connectivity index (χ2n) is 3.36. The average molecular weight is 254 g/mol. The van der Waals surface area contributed by atoms with Crippen LogP contribution >= 0.6 is 11.8 Å². The van der Waals surface area contributed by atoms with Crippen molar-refractivity contribution in [2.24, 2.45) is 0 Å². The van der Waals surface area contributed by atoms with Crippen LogP contribution in [0, 0.1) is 0 Å². The van der Waals surface area contributed by atoms with Crippen LogP contribution in [0.2, 0.25) is 0 Å². The number of ether oxygens (including phenoxy) is 1. The maximum Gasteiger partial charge on any atom is 0.323 e. The molecule has 0 spiro atoms. The summed E-state index contributed by atoms with van der Waals surface area (Å²) in [5.74, 6) is 0.479. The number of rotatable bonds is 7. The van der Waals surface area contributed by atoms with Crippen LogP contribution < -0.4 is 5.32 Å². The van der Waals surface area contributed by atoms with Crippen LogP contribution in [0.3, 0.4) is 0 Å². The highest BCUT2D eigenvalue weighted by Crippen LogP contribution is 2.17. The maximum absolute atomic E-state index is 11.6. The highest BCUT2D eigenvalue weighted by molar-refractivity contribution is 7.99. The van der Waals surface area contributed by atoms with Crippen LogP contribution in [0.1, 0.15) is 13.8 Å². The largest absolute Gasteiger partial charge is 0.465 e. The zero-order valence-corrected chi connectivity index (χ0v) is 11.0. The summed E-state index contributed by atoms with van der Waals surface area (Å²) >= 11 is 1.62. The molecule has 94 valence electrons. The molecule has 0 saturated heterocycles. The van der Waals surface area contributed by atoms with Crippen molar-refractivity contribution >= 4 is 17.7 Å². The monoisotopic (exact) mass is 254 g/mol. The Morgan fingerprint density at radius 1 is 1.47 bits per heavy atom. The molecule has 0 aliphatic rings. The van der Waals surface area contributed by atoms with Crippen LogP contribution in [0.15, 0.2) is 29.4 Å². The molecule has 1 unspecified atom stereocenters. The van der Waals surface area contributed by atoms with Crippen LogP contribution in [0.5, 0.6) is 0 Å². The van der Waals surface area contributed by atoms with E-state index >= 15 is 0 Å². The molecule has 1 rings (SSSR count). The van der Waals surface area contributed by atoms with Gasteiger partial charge in [0.25, 0.3) is 0 Å². The number of pyridine rings is 1. The molecule has 1 atom stereocenters. The van der Waals surface area contributed by atoms with Gasteiger partial charge in [-0.1, -0.05) is 6.92 Å². The van der Waals surface area contributed by atoms with Crippen molar-refractivity contribution in [1.29, 1.82) is 0 Å². The average Bonchev–Trinajstić information content (AvgIpc) is 2.36. The number of carbonyl (C=O) groups excluding carboxylic acids is 1. The Morgan fingerprint density at radius 3 is 2.76 bits per heavy atom. The van der Waals surface area contributed by atoms with Crippen LogP contribution in [-0.2, 0) is 9.53 Å². The summed E-state index contributed by atoms with van der Waals surface area (Å²) in [6, 6.07) is 3.61. The zero-order chi connectivity index (χ0) is 12.5. The molecular weight excluding hydrogens is 236 g/mol. The van der Waals surface area contributed by atoms with Crippen molar-refractivity contribution in [3.8, 4) is 0 Å². The lowest BCUT2D eigenvalue weighted by molar-refractivity contribution is -0.144. The summed E-state index contributed by atoms with van der Waals surface area (Å²) in [4.78, 5) is 16.7. The van der Waals surface area contributed by atoms with Crippen molar-refractivity contribution in [3.63, 3.8) is 0 Å². The lowest BCUT2D eigenvalue weighted by atomic mass is 10.3. The van der Waals surface area contributed by atoms with Gasteiger partial charge in [-0.15, -0.1) is 11.8 Å². The second-order valence-corrected chi connectivity index (χ2v) is 4.45. The number of hydrogen-bond acceptors (Lipinski definition) is 5. The summed E-state index contributed by atoms with van der Waals surface area (Å²) in [5, 5.41) is 3.13. The molecule has 0 aliphatic carbocycles. The van der Waals surface area contributed by atoms with E-state index in [1.165, 1.54) is 0 Å². The van der Waals surface area contributed by atoms with Gasteiger partial charge in [0.15, 0.2) is 0 Å². The molecule has 0 amide bonds. The van der Waals surface area contributed by atoms with E-state index in [-0.39, 0.29) is 12.0 Å². The third-order valence-corrected chi connectivity index (χ3v) is 3.19. The van der Waals surface area contributed by atoms with Gasteiger partial charge in [0.1, 0.15) is 6.04 Å². The normalized spacial score (nSPS) is 12.1. The van der Waals surface area contributed by atoms with Crippen molar-refractivity contribution in [3.05, 3.63) is 24.5 Å². The van der Waals surface area contributed by atoms with Crippen molar-refractivity contribution in [1.82, 2.24) is 10.3 Å². The molecule has 4 nitrogen and oxygen atoms in total. The van der Waals surface area contributed by atoms with Crippen molar-refractivity contribution in [2.45, 2.75) is 24.8 Å². The van der Waals surface area contributed by atoms with E-state index in [4.69, 9.17) is 4.74 Å². The fourth-order valence-electron chi connectivity index (χ4n) is 1.31. The lowest BCUT2D eigenvalue weighted by Crippen LogP contribution is -2.40. The quantitative estimate of drug-likeness (QED) is 0.593. The van der Waals surface area contributed by atoms with E-state index in [9.17, 15) is 4.79 Å². The van der Waals surface area contributed by atoms with E-state index < -0.39 is 0 Å². The molecule has 1 aromatic heterocycles. The minimum atomic E-state index is -0.252. The zero-order valence-electron chi connectivity index (χ0n) is 10.2. The minimum Gasteiger partial charge on any atom is -0.465 e. The van der Waals surface area contributed by atoms with Crippen molar-refractivity contribution < 1.29 is 9.53 Å². The molecule has 0 aliphatic heterocycles. The smallest absolute Gasteiger partial charge is 0.323 e. The summed E-state index contributed by atoms with van der Waals surface area (Å²) < 4.78 is 5.02. The fraction of sp³-hybridized carbons (Fsp3) is 0.500. The summed E-state index contributed by atoms with van der Waals surface area (Å²) in [5.41, 5.74) is 0. The molecule has 0 fully saturated rings. The van der Waals surface area contributed by atoms with Gasteiger partial charge in [-0.2, -0.15) is 0 Å². The molecule has 17 heavy (non-hydrogen) atoms. The van der Waals surface area contributed by atoms with E-state index in [1.54, 1.807) is 24.2 Å². The standard InChI is InChI=1S/C12H18N2O2S/c1-3-14-11(12(15)16-4-2)9-17-10-5-7-13-8-6-10/h5-8,11,14H,3-4,9H2,1-2H3. The molecule has 5 heteroatoms. The first-order chi connectivity index (χ1) is 8.27. The Bertz CT molecular complexity index is 333. The summed E-state index contributed by atoms with van der Waals surface area (Å²) in [6.45, 7) is 4.96. The SMILES string of the molecule is CCNC(CSc1ccncc1)C(=O)OCC. The third kappa shape index (κ3) is 5.19. The molecule has 0 bridgehead atoms. The van der Waals surface area contributed by atoms with E-state index in [0.29, 0.717) is 12.4 Å². The van der Waals surface area contributed by atoms with Gasteiger partial charge >= 0.3 is 5.97 Å². The molecule has 1 N–H and O–H groups in total. The first-order valence-electron chi connectivity index (χ1n) is 5.70. The maximum atomic E-state index is 11.6. The molecule has 1 aromatic rings. The number of hydrogen-bond donors (Lipinski definition) is 1. The Hall–Kier alpha value is -1.07. The molecule has 0 saturated carbocycles. The minimum absolute atomic E-state index is 0.184. The topological polar surface area (TPSA) is 51.2 Å². The van der Waals surface area contributed by atoms with Gasteiger partial charge in [-0.05, 0) is 25.6 Å². The number of aromatic nitrogens is 1. The van der Waals surface area contributed by atoms with Gasteiger partial charge in [-0.3, -0.25) is 9.78 Å². The van der Waals surface area contributed by atoms with Crippen LogP contribution in [0.25, 0.3) is 0 Å². The van der Waals surface area contributed by atoms with Crippen LogP contribution in [0.4, 0.5) is 0 Å². The number of esters is 1. The number of nitrogens with zero attached hydrogens (tertiary/aromatic N) is 1. The van der Waals surface area contributed by atoms with Gasteiger partial charge < -0.3 is 10.1 Å². The van der Waals surface area contributed by atoms with E-state index in [0.717, 1.165) is 11.4 Å². The van der Waals surface area contributed by atoms with Gasteiger partial charge in [-0.25, -0.2) is 0 Å². The molecular formula is C12H18N2O2S. The van der Waals surface area contributed by atoms with Gasteiger partial charge in [0.2, 0.25) is 0 Å². The molecule has 0 aromatic carbocycles. The summed E-state index contributed by atoms with van der Waals surface area (Å²) in [6.07, 6.45) is 3.49. The lowest BCUT2D eigenvalue weighted by Gasteiger charge is -2.15. The van der Waals surface area contributed by atoms with E-state index in [1.807, 2.05) is 26.0 Å². The number of nitrogens with one attached hydrogen (secondary N) is 1. The third-order valence-electron chi connectivity index (χ3n) is 2.09. The molecule has 0 radical (unpaired) electrons. The second kappa shape index (κ2) is 8.08. The molecule has 1 heterocycles. The number of carbonyl (C=O) groups is 1. The first-order valence-corrected chi connectivity index (χ1v) is 6.69. The number of thioether (sulfide) groups is 1. The van der Waals surface area contributed by atoms with Crippen molar-refractivity contribution in [2.75, 3.05) is 18.9 Å². The highest BCUT2D eigenvalue weighted by Gasteiger charge is 2.18. The van der Waals surface area contributed by atoms with Gasteiger partial charge in [0, 0.05) is 23.0 Å². The summed E-state index contributed by atoms with van der Waals surface area (Å²) in [7, 11) is 0. The predicted molar refractivity (Wildman–Crippen MR) is 69.1 cm³/mol. The van der Waals surface area contributed by atoms with Gasteiger partial charge in [0.05, 0.1) is 6.61 Å². The van der Waals surface area contributed by atoms with E-state index in [2.05, 4.69) is 10.3 Å². The Kier molecular flexibility index (Phi) is 6.65. The predicted octanol–water partition coefficient (Wildman–Crippen LogP) is 1.71. The Morgan fingerprint density at radius 2 is 2.18 bits per heavy atom. The number of likely N-dealkylation sites (N-methyl/N-ethyl adjacent to an activating group) is 1. The Labute approximate surface area is 106 Å². The van der Waals surface area contributed by atoms with Crippen LogP contribution in [-0.4, -0.2) is 35.9 Å². The fourth-order valence-corrected chi connectivity index (χ4v) is 2.24.